The molecule has 2 aliphatic heterocycles. The number of likely N-dealkylation sites (N-methyl/N-ethyl adjacent to an activating group) is 1. The number of halogens is 2. The highest BCUT2D eigenvalue weighted by molar-refractivity contribution is 9.10. The molecule has 2 nitrogen and oxygen atoms in total. The lowest BCUT2D eigenvalue weighted by atomic mass is 9.90. The number of hydrogen-bond donors (Lipinski definition) is 0. The first kappa shape index (κ1) is 16.9. The highest BCUT2D eigenvalue weighted by Gasteiger charge is 2.44. The molecule has 2 atom stereocenters. The molecule has 2 fully saturated rings. The van der Waals surface area contributed by atoms with Gasteiger partial charge >= 0.3 is 0 Å². The molecular weight excluding hydrogens is 470 g/mol. The smallest absolute Gasteiger partial charge is 0.188 e. The molecule has 0 spiro atoms. The number of Topliss-reactive ketones (excluding diaryl/α,β-unsaturated/α-hetero) is 1. The molecule has 0 unspecified atom stereocenters. The van der Waals surface area contributed by atoms with Crippen LogP contribution in [-0.4, -0.2) is 29.8 Å². The van der Waals surface area contributed by atoms with Gasteiger partial charge in [0.05, 0.1) is 0 Å². The molecule has 2 aromatic rings. The molecule has 2 bridgehead atoms. The van der Waals surface area contributed by atoms with Crippen LogP contribution in [0.4, 0.5) is 0 Å². The van der Waals surface area contributed by atoms with E-state index in [-0.39, 0.29) is 17.9 Å². The van der Waals surface area contributed by atoms with Gasteiger partial charge in [-0.3, -0.25) is 9.69 Å². The van der Waals surface area contributed by atoms with Gasteiger partial charge in [0, 0.05) is 52.7 Å². The highest BCUT2D eigenvalue weighted by atomic mass is 79.9. The topological polar surface area (TPSA) is 20.3 Å². The van der Waals surface area contributed by atoms with E-state index in [2.05, 4.69) is 78.9 Å². The van der Waals surface area contributed by atoms with Crippen LogP contribution in [0.3, 0.4) is 0 Å². The van der Waals surface area contributed by atoms with Crippen LogP contribution in [0.2, 0.25) is 0 Å². The van der Waals surface area contributed by atoms with Crippen molar-refractivity contribution in [2.45, 2.75) is 24.9 Å². The van der Waals surface area contributed by atoms with E-state index in [1.54, 1.807) is 22.7 Å². The molecule has 0 radical (unpaired) electrons. The predicted octanol–water partition coefficient (Wildman–Crippen LogP) is 5.85. The van der Waals surface area contributed by atoms with Crippen molar-refractivity contribution in [3.05, 3.63) is 52.7 Å². The zero-order valence-electron chi connectivity index (χ0n) is 13.0. The van der Waals surface area contributed by atoms with Crippen LogP contribution in [0, 0.1) is 0 Å². The average Bonchev–Trinajstić information content (AvgIpc) is 3.21. The first-order chi connectivity index (χ1) is 11.5. The molecule has 2 aliphatic rings. The Morgan fingerprint density at radius 1 is 1.00 bits per heavy atom. The maximum atomic E-state index is 13.2. The summed E-state index contributed by atoms with van der Waals surface area (Å²) in [5.74, 6) is 0.217. The summed E-state index contributed by atoms with van der Waals surface area (Å²) in [6, 6.07) is 4.64. The van der Waals surface area contributed by atoms with E-state index in [1.165, 1.54) is 0 Å². The Bertz CT molecular complexity index is 796. The average molecular weight is 485 g/mol. The zero-order valence-corrected chi connectivity index (χ0v) is 17.8. The number of carbonyl (C=O) groups is 1. The van der Waals surface area contributed by atoms with Gasteiger partial charge in [-0.2, -0.15) is 0 Å². The number of ketones is 1. The summed E-state index contributed by atoms with van der Waals surface area (Å²) in [4.78, 5) is 17.8. The van der Waals surface area contributed by atoms with Crippen LogP contribution in [0.25, 0.3) is 12.2 Å². The van der Waals surface area contributed by atoms with Crippen LogP contribution in [0.15, 0.2) is 43.0 Å². The van der Waals surface area contributed by atoms with Crippen molar-refractivity contribution in [2.24, 2.45) is 0 Å². The maximum Gasteiger partial charge on any atom is 0.188 e. The van der Waals surface area contributed by atoms with Gasteiger partial charge in [0.2, 0.25) is 0 Å². The van der Waals surface area contributed by atoms with E-state index in [0.717, 1.165) is 42.7 Å². The third-order valence-electron chi connectivity index (χ3n) is 4.71. The van der Waals surface area contributed by atoms with E-state index in [4.69, 9.17) is 0 Å². The van der Waals surface area contributed by atoms with Crippen LogP contribution in [0.5, 0.6) is 0 Å². The number of hydrogen-bond acceptors (Lipinski definition) is 4. The number of rotatable bonds is 2. The SMILES string of the molecule is CN1[C@H]2CC[C@H]1/C(=C/c1cc(Br)cs1)C(=O)/C2=C\c1cc(Br)cs1. The van der Waals surface area contributed by atoms with Crippen molar-refractivity contribution in [1.82, 2.24) is 4.90 Å². The zero-order chi connectivity index (χ0) is 16.8. The summed E-state index contributed by atoms with van der Waals surface area (Å²) in [7, 11) is 2.14. The summed E-state index contributed by atoms with van der Waals surface area (Å²) < 4.78 is 2.14. The van der Waals surface area contributed by atoms with E-state index in [9.17, 15) is 4.79 Å². The minimum absolute atomic E-state index is 0.217. The fraction of sp³-hybridized carbons (Fsp3) is 0.278. The first-order valence-electron chi connectivity index (χ1n) is 7.71. The summed E-state index contributed by atoms with van der Waals surface area (Å²) in [5, 5.41) is 4.11. The van der Waals surface area contributed by atoms with E-state index >= 15 is 0 Å². The van der Waals surface area contributed by atoms with Gasteiger partial charge in [-0.15, -0.1) is 22.7 Å². The molecular formula is C18H15Br2NOS2. The normalized spacial score (nSPS) is 27.5. The molecule has 2 aromatic heterocycles. The van der Waals surface area contributed by atoms with Gasteiger partial charge in [-0.25, -0.2) is 0 Å². The van der Waals surface area contributed by atoms with Gasteiger partial charge in [-0.05, 0) is 76.0 Å². The molecule has 24 heavy (non-hydrogen) atoms. The lowest BCUT2D eigenvalue weighted by Crippen LogP contribution is -2.43. The molecule has 0 N–H and O–H groups in total. The molecule has 2 saturated heterocycles. The van der Waals surface area contributed by atoms with Crippen molar-refractivity contribution >= 4 is 72.5 Å². The quantitative estimate of drug-likeness (QED) is 0.498. The Morgan fingerprint density at radius 3 is 1.83 bits per heavy atom. The van der Waals surface area contributed by atoms with Crippen molar-refractivity contribution < 1.29 is 4.79 Å². The lowest BCUT2D eigenvalue weighted by Gasteiger charge is -2.34. The Hall–Kier alpha value is -0.530. The van der Waals surface area contributed by atoms with Gasteiger partial charge < -0.3 is 0 Å². The maximum absolute atomic E-state index is 13.2. The third-order valence-corrected chi connectivity index (χ3v) is 7.99. The highest BCUT2D eigenvalue weighted by Crippen LogP contribution is 2.41. The van der Waals surface area contributed by atoms with Crippen LogP contribution in [0.1, 0.15) is 22.6 Å². The Morgan fingerprint density at radius 2 is 1.46 bits per heavy atom. The summed E-state index contributed by atoms with van der Waals surface area (Å²) in [5.41, 5.74) is 1.87. The first-order valence-corrected chi connectivity index (χ1v) is 11.1. The fourth-order valence-electron chi connectivity index (χ4n) is 3.60. The standard InChI is InChI=1S/C18H15Br2NOS2/c1-21-16-2-3-17(21)15(7-13-5-11(20)9-24-13)18(22)14(16)6-12-4-10(19)8-23-12/h4-9,16-17H,2-3H2,1H3/b14-6-,15-7-/t16-,17-/m0/s1. The van der Waals surface area contributed by atoms with Gasteiger partial charge in [0.15, 0.2) is 5.78 Å². The monoisotopic (exact) mass is 483 g/mol. The van der Waals surface area contributed by atoms with Crippen LogP contribution in [-0.2, 0) is 4.79 Å². The van der Waals surface area contributed by atoms with Crippen molar-refractivity contribution in [1.29, 1.82) is 0 Å². The van der Waals surface area contributed by atoms with E-state index in [1.807, 2.05) is 0 Å². The number of fused-ring (bicyclic) bond motifs is 2. The molecule has 0 amide bonds. The van der Waals surface area contributed by atoms with E-state index < -0.39 is 0 Å². The minimum Gasteiger partial charge on any atom is -0.292 e. The summed E-state index contributed by atoms with van der Waals surface area (Å²) >= 11 is 10.3. The molecule has 0 saturated carbocycles. The number of carbonyl (C=O) groups excluding carboxylic acids is 1. The third kappa shape index (κ3) is 3.03. The predicted molar refractivity (Wildman–Crippen MR) is 110 cm³/mol. The second kappa shape index (κ2) is 6.65. The van der Waals surface area contributed by atoms with Gasteiger partial charge in [0.1, 0.15) is 0 Å². The molecule has 0 aromatic carbocycles. The summed E-state index contributed by atoms with van der Waals surface area (Å²) in [6.07, 6.45) is 6.27. The Kier molecular flexibility index (Phi) is 4.69. The molecule has 4 rings (SSSR count). The minimum atomic E-state index is 0.217. The van der Waals surface area contributed by atoms with Gasteiger partial charge in [0.25, 0.3) is 0 Å². The van der Waals surface area contributed by atoms with Crippen LogP contribution >= 0.6 is 54.5 Å². The molecule has 124 valence electrons. The van der Waals surface area contributed by atoms with Gasteiger partial charge in [-0.1, -0.05) is 0 Å². The largest absolute Gasteiger partial charge is 0.292 e. The van der Waals surface area contributed by atoms with Crippen molar-refractivity contribution in [3.8, 4) is 0 Å². The van der Waals surface area contributed by atoms with Crippen molar-refractivity contribution in [2.75, 3.05) is 7.05 Å². The number of piperidine rings is 1. The Labute approximate surface area is 166 Å². The van der Waals surface area contributed by atoms with Crippen molar-refractivity contribution in [3.63, 3.8) is 0 Å². The second-order valence-corrected chi connectivity index (χ2v) is 9.85. The second-order valence-electron chi connectivity index (χ2n) is 6.14. The molecule has 0 aliphatic carbocycles. The van der Waals surface area contributed by atoms with Crippen LogP contribution < -0.4 is 0 Å². The Balaban J connectivity index is 1.77. The fourth-order valence-corrected chi connectivity index (χ4v) is 6.37. The molecule has 6 heteroatoms. The lowest BCUT2D eigenvalue weighted by molar-refractivity contribution is -0.114. The molecule has 4 heterocycles. The number of thiophene rings is 2. The summed E-state index contributed by atoms with van der Waals surface area (Å²) in [6.45, 7) is 0. The number of nitrogens with zero attached hydrogens (tertiary/aromatic N) is 1. The van der Waals surface area contributed by atoms with E-state index in [0.29, 0.717) is 0 Å².